The normalized spacial score (nSPS) is 14.4. The van der Waals surface area contributed by atoms with E-state index < -0.39 is 16.6 Å². The molecule has 0 bridgehead atoms. The number of carbonyl (C=O) groups is 1. The van der Waals surface area contributed by atoms with Crippen molar-refractivity contribution in [1.82, 2.24) is 0 Å². The van der Waals surface area contributed by atoms with E-state index in [1.807, 2.05) is 6.07 Å². The number of thiophene rings is 1. The monoisotopic (exact) mass is 348 g/mol. The van der Waals surface area contributed by atoms with Gasteiger partial charge in [0.05, 0.1) is 15.5 Å². The van der Waals surface area contributed by atoms with Crippen LogP contribution in [0.5, 0.6) is 0 Å². The fourth-order valence-corrected chi connectivity index (χ4v) is 4.01. The van der Waals surface area contributed by atoms with Crippen molar-refractivity contribution in [2.75, 3.05) is 5.32 Å². The molecule has 0 spiro atoms. The predicted octanol–water partition coefficient (Wildman–Crippen LogP) is 4.71. The first-order valence-corrected chi connectivity index (χ1v) is 8.73. The van der Waals surface area contributed by atoms with E-state index in [1.54, 1.807) is 0 Å². The van der Waals surface area contributed by atoms with Crippen LogP contribution in [0.1, 0.15) is 45.8 Å². The number of fused-ring (bicyclic) bond motifs is 1. The Bertz CT molecular complexity index is 763. The quantitative estimate of drug-likeness (QED) is 0.645. The standard InChI is InChI=1S/C17H17FN2O3S/c18-13-8-7-12(20(22)23)10-14(13)19-17(21)16-9-11-5-3-1-2-4-6-15(11)24-16/h7-10H,1-6H2,(H,19,21). The van der Waals surface area contributed by atoms with Crippen molar-refractivity contribution < 1.29 is 14.1 Å². The van der Waals surface area contributed by atoms with Gasteiger partial charge >= 0.3 is 0 Å². The number of non-ortho nitro benzene ring substituents is 1. The predicted molar refractivity (Wildman–Crippen MR) is 91.2 cm³/mol. The van der Waals surface area contributed by atoms with Crippen LogP contribution in [0.25, 0.3) is 0 Å². The number of nitro benzene ring substituents is 1. The smallest absolute Gasteiger partial charge is 0.271 e. The van der Waals surface area contributed by atoms with Crippen LogP contribution in [0.4, 0.5) is 15.8 Å². The summed E-state index contributed by atoms with van der Waals surface area (Å²) >= 11 is 1.43. The summed E-state index contributed by atoms with van der Waals surface area (Å²) < 4.78 is 13.8. The molecule has 0 aliphatic heterocycles. The Morgan fingerprint density at radius 1 is 1.17 bits per heavy atom. The number of nitrogens with zero attached hydrogens (tertiary/aromatic N) is 1. The summed E-state index contributed by atoms with van der Waals surface area (Å²) in [5.41, 5.74) is 0.768. The largest absolute Gasteiger partial charge is 0.319 e. The number of hydrogen-bond donors (Lipinski definition) is 1. The second kappa shape index (κ2) is 7.09. The van der Waals surface area contributed by atoms with Crippen molar-refractivity contribution in [2.24, 2.45) is 0 Å². The molecule has 0 atom stereocenters. The number of hydrogen-bond acceptors (Lipinski definition) is 4. The van der Waals surface area contributed by atoms with E-state index in [-0.39, 0.29) is 11.4 Å². The second-order valence-corrected chi connectivity index (χ2v) is 6.99. The molecular weight excluding hydrogens is 331 g/mol. The minimum atomic E-state index is -0.691. The van der Waals surface area contributed by atoms with Gasteiger partial charge < -0.3 is 5.32 Å². The lowest BCUT2D eigenvalue weighted by atomic mass is 10.00. The van der Waals surface area contributed by atoms with E-state index in [4.69, 9.17) is 0 Å². The van der Waals surface area contributed by atoms with Crippen molar-refractivity contribution in [1.29, 1.82) is 0 Å². The lowest BCUT2D eigenvalue weighted by Gasteiger charge is -2.07. The van der Waals surface area contributed by atoms with Crippen molar-refractivity contribution in [3.8, 4) is 0 Å². The van der Waals surface area contributed by atoms with Crippen LogP contribution >= 0.6 is 11.3 Å². The molecule has 24 heavy (non-hydrogen) atoms. The zero-order chi connectivity index (χ0) is 17.1. The molecule has 2 aromatic rings. The van der Waals surface area contributed by atoms with Gasteiger partial charge in [0.25, 0.3) is 11.6 Å². The molecule has 7 heteroatoms. The molecule has 1 aliphatic carbocycles. The molecule has 0 fully saturated rings. The molecule has 0 saturated heterocycles. The minimum absolute atomic E-state index is 0.171. The number of rotatable bonds is 3. The Labute approximate surface area is 142 Å². The van der Waals surface area contributed by atoms with Crippen LogP contribution in [0.15, 0.2) is 24.3 Å². The number of benzene rings is 1. The summed E-state index contributed by atoms with van der Waals surface area (Å²) in [6.07, 6.45) is 6.58. The Kier molecular flexibility index (Phi) is 4.89. The average molecular weight is 348 g/mol. The highest BCUT2D eigenvalue weighted by Crippen LogP contribution is 2.29. The average Bonchev–Trinajstić information content (AvgIpc) is 2.91. The maximum atomic E-state index is 13.8. The molecule has 1 aliphatic rings. The number of nitrogens with one attached hydrogen (secondary N) is 1. The summed E-state index contributed by atoms with van der Waals surface area (Å²) in [5.74, 6) is -1.12. The molecule has 0 unspecified atom stereocenters. The van der Waals surface area contributed by atoms with Gasteiger partial charge in [-0.15, -0.1) is 11.3 Å². The van der Waals surface area contributed by atoms with Gasteiger partial charge in [0.2, 0.25) is 0 Å². The maximum Gasteiger partial charge on any atom is 0.271 e. The summed E-state index contributed by atoms with van der Waals surface area (Å²) in [6.45, 7) is 0. The van der Waals surface area contributed by atoms with Gasteiger partial charge in [0, 0.05) is 17.0 Å². The summed E-state index contributed by atoms with van der Waals surface area (Å²) in [7, 11) is 0. The first-order valence-electron chi connectivity index (χ1n) is 7.91. The third-order valence-corrected chi connectivity index (χ3v) is 5.37. The molecule has 1 aromatic carbocycles. The van der Waals surface area contributed by atoms with Crippen LogP contribution < -0.4 is 5.32 Å². The first kappa shape index (κ1) is 16.6. The van der Waals surface area contributed by atoms with Gasteiger partial charge in [-0.3, -0.25) is 14.9 Å². The van der Waals surface area contributed by atoms with Gasteiger partial charge in [-0.2, -0.15) is 0 Å². The van der Waals surface area contributed by atoms with Gasteiger partial charge in [-0.05, 0) is 43.4 Å². The molecule has 1 amide bonds. The van der Waals surface area contributed by atoms with E-state index in [1.165, 1.54) is 34.6 Å². The van der Waals surface area contributed by atoms with Crippen molar-refractivity contribution in [3.63, 3.8) is 0 Å². The molecule has 5 nitrogen and oxygen atoms in total. The molecule has 0 radical (unpaired) electrons. The number of nitro groups is 1. The zero-order valence-corrected chi connectivity index (χ0v) is 13.8. The van der Waals surface area contributed by atoms with E-state index in [0.717, 1.165) is 43.9 Å². The minimum Gasteiger partial charge on any atom is -0.319 e. The van der Waals surface area contributed by atoms with Crippen molar-refractivity contribution >= 4 is 28.6 Å². The third kappa shape index (κ3) is 3.62. The molecular formula is C17H17FN2O3S. The molecule has 126 valence electrons. The number of amides is 1. The van der Waals surface area contributed by atoms with Crippen LogP contribution in [0, 0.1) is 15.9 Å². The lowest BCUT2D eigenvalue weighted by molar-refractivity contribution is -0.384. The van der Waals surface area contributed by atoms with E-state index in [2.05, 4.69) is 5.32 Å². The number of aryl methyl sites for hydroxylation is 2. The lowest BCUT2D eigenvalue weighted by Crippen LogP contribution is -2.11. The highest BCUT2D eigenvalue weighted by molar-refractivity contribution is 7.14. The van der Waals surface area contributed by atoms with Gasteiger partial charge in [-0.25, -0.2) is 4.39 Å². The number of anilines is 1. The molecule has 3 rings (SSSR count). The maximum absolute atomic E-state index is 13.8. The summed E-state index contributed by atoms with van der Waals surface area (Å²) in [5, 5.41) is 13.2. The topological polar surface area (TPSA) is 72.2 Å². The SMILES string of the molecule is O=C(Nc1cc([N+](=O)[O-])ccc1F)c1cc2c(s1)CCCCCC2. The van der Waals surface area contributed by atoms with Crippen molar-refractivity contribution in [2.45, 2.75) is 38.5 Å². The fraction of sp³-hybridized carbons (Fsp3) is 0.353. The fourth-order valence-electron chi connectivity index (χ4n) is 2.86. The van der Waals surface area contributed by atoms with E-state index in [0.29, 0.717) is 4.88 Å². The zero-order valence-electron chi connectivity index (χ0n) is 13.0. The van der Waals surface area contributed by atoms with Crippen LogP contribution in [-0.2, 0) is 12.8 Å². The van der Waals surface area contributed by atoms with Gasteiger partial charge in [-0.1, -0.05) is 12.8 Å². The summed E-state index contributed by atoms with van der Waals surface area (Å²) in [6, 6.07) is 4.97. The highest BCUT2D eigenvalue weighted by atomic mass is 32.1. The number of halogens is 1. The Morgan fingerprint density at radius 2 is 1.92 bits per heavy atom. The van der Waals surface area contributed by atoms with Crippen LogP contribution in [-0.4, -0.2) is 10.8 Å². The Hall–Kier alpha value is -2.28. The van der Waals surface area contributed by atoms with Gasteiger partial charge in [0.1, 0.15) is 5.82 Å². The molecule has 0 saturated carbocycles. The van der Waals surface area contributed by atoms with E-state index in [9.17, 15) is 19.3 Å². The van der Waals surface area contributed by atoms with Crippen LogP contribution in [0.3, 0.4) is 0 Å². The molecule has 1 aromatic heterocycles. The first-order chi connectivity index (χ1) is 11.5. The second-order valence-electron chi connectivity index (χ2n) is 5.85. The van der Waals surface area contributed by atoms with Crippen molar-refractivity contribution in [3.05, 3.63) is 55.5 Å². The highest BCUT2D eigenvalue weighted by Gasteiger charge is 2.18. The summed E-state index contributed by atoms with van der Waals surface area (Å²) in [4.78, 5) is 24.3. The van der Waals surface area contributed by atoms with Gasteiger partial charge in [0.15, 0.2) is 0 Å². The third-order valence-electron chi connectivity index (χ3n) is 4.13. The molecule has 1 N–H and O–H groups in total. The molecule has 1 heterocycles. The Morgan fingerprint density at radius 3 is 2.67 bits per heavy atom. The Balaban J connectivity index is 1.81. The van der Waals surface area contributed by atoms with Crippen LogP contribution in [0.2, 0.25) is 0 Å². The number of carbonyl (C=O) groups excluding carboxylic acids is 1. The van der Waals surface area contributed by atoms with E-state index >= 15 is 0 Å².